The van der Waals surface area contributed by atoms with Crippen LogP contribution >= 0.6 is 0 Å². The fourth-order valence-corrected chi connectivity index (χ4v) is 8.71. The fourth-order valence-electron chi connectivity index (χ4n) is 8.71. The molecule has 3 aliphatic rings. The summed E-state index contributed by atoms with van der Waals surface area (Å²) in [5.74, 6) is 0.724. The summed E-state index contributed by atoms with van der Waals surface area (Å²) in [5, 5.41) is 18.9. The Morgan fingerprint density at radius 1 is 0.732 bits per heavy atom. The molecule has 1 aliphatic carbocycles. The Morgan fingerprint density at radius 2 is 1.43 bits per heavy atom. The van der Waals surface area contributed by atoms with Gasteiger partial charge < -0.3 is 30.5 Å². The lowest BCUT2D eigenvalue weighted by atomic mass is 9.75. The lowest BCUT2D eigenvalue weighted by Crippen LogP contribution is -2.61. The maximum atomic E-state index is 13.8. The van der Waals surface area contributed by atoms with Gasteiger partial charge in [0.2, 0.25) is 5.91 Å². The van der Waals surface area contributed by atoms with Crippen molar-refractivity contribution < 1.29 is 24.2 Å². The van der Waals surface area contributed by atoms with Crippen molar-refractivity contribution in [1.29, 1.82) is 0 Å². The molecule has 9 nitrogen and oxygen atoms in total. The van der Waals surface area contributed by atoms with Crippen molar-refractivity contribution >= 4 is 11.9 Å². The van der Waals surface area contributed by atoms with Crippen LogP contribution in [-0.4, -0.2) is 52.2 Å². The van der Waals surface area contributed by atoms with Gasteiger partial charge in [0, 0.05) is 43.2 Å². The first kappa shape index (κ1) is 39.7. The standard InChI is InChI=1S/C47H58N4O5/c1-47(2,3)50-44(53)42-25-24-36-13-7-8-15-41(36)51(42)30-40-27-43(37-18-16-33(31-52)17-19-37)56-45(55-40)38-22-20-35(21-23-38)39-14-9-12-34(26-39)29-49-46(54)48-28-32-10-5-4-6-11-32/h4-6,9-12,14,16-23,26,36,40-43,45,52H,7-8,13,15,24-25,27-31H2,1-3H3,(H,50,53)(H2,48,49,54)/t36-,40-,41-,42-,43+,45+/m1/s1. The van der Waals surface area contributed by atoms with Crippen molar-refractivity contribution in [2.45, 2.75) is 122 Å². The third-order valence-electron chi connectivity index (χ3n) is 11.5. The van der Waals surface area contributed by atoms with Gasteiger partial charge in [0.15, 0.2) is 6.29 Å². The number of likely N-dealkylation sites (tertiary alicyclic amines) is 1. The molecule has 2 saturated heterocycles. The Hall–Kier alpha value is -4.54. The zero-order valence-electron chi connectivity index (χ0n) is 33.1. The van der Waals surface area contributed by atoms with Gasteiger partial charge in [-0.05, 0) is 91.8 Å². The van der Waals surface area contributed by atoms with E-state index in [1.54, 1.807) is 0 Å². The monoisotopic (exact) mass is 758 g/mol. The number of fused-ring (bicyclic) bond motifs is 1. The smallest absolute Gasteiger partial charge is 0.315 e. The molecule has 7 rings (SSSR count). The van der Waals surface area contributed by atoms with Gasteiger partial charge in [0.1, 0.15) is 0 Å². The summed E-state index contributed by atoms with van der Waals surface area (Å²) in [6.45, 7) is 7.69. The second-order valence-corrected chi connectivity index (χ2v) is 16.8. The summed E-state index contributed by atoms with van der Waals surface area (Å²) in [6, 6.07) is 34.4. The van der Waals surface area contributed by atoms with Crippen LogP contribution in [0.1, 0.15) is 106 Å². The molecule has 4 N–H and O–H groups in total. The number of carbonyl (C=O) groups is 2. The number of ether oxygens (including phenoxy) is 2. The molecule has 3 amide bonds. The maximum absolute atomic E-state index is 13.8. The van der Waals surface area contributed by atoms with Crippen LogP contribution in [0, 0.1) is 5.92 Å². The molecule has 1 saturated carbocycles. The van der Waals surface area contributed by atoms with Crippen molar-refractivity contribution in [2.24, 2.45) is 5.92 Å². The molecule has 0 bridgehead atoms. The lowest BCUT2D eigenvalue weighted by Gasteiger charge is -2.50. The molecule has 296 valence electrons. The number of aliphatic hydroxyl groups is 1. The molecule has 6 atom stereocenters. The number of rotatable bonds is 11. The molecule has 0 aromatic heterocycles. The zero-order valence-corrected chi connectivity index (χ0v) is 33.1. The lowest BCUT2D eigenvalue weighted by molar-refractivity contribution is -0.255. The van der Waals surface area contributed by atoms with E-state index in [1.807, 2.05) is 66.7 Å². The van der Waals surface area contributed by atoms with Gasteiger partial charge in [-0.15, -0.1) is 0 Å². The number of urea groups is 1. The average molecular weight is 759 g/mol. The molecule has 0 radical (unpaired) electrons. The summed E-state index contributed by atoms with van der Waals surface area (Å²) >= 11 is 0. The molecule has 4 aromatic rings. The van der Waals surface area contributed by atoms with Gasteiger partial charge in [-0.25, -0.2) is 4.79 Å². The van der Waals surface area contributed by atoms with E-state index >= 15 is 0 Å². The van der Waals surface area contributed by atoms with Gasteiger partial charge in [-0.3, -0.25) is 9.69 Å². The second-order valence-electron chi connectivity index (χ2n) is 16.8. The minimum atomic E-state index is -0.593. The highest BCUT2D eigenvalue weighted by Crippen LogP contribution is 2.42. The number of aliphatic hydroxyl groups excluding tert-OH is 1. The zero-order chi connectivity index (χ0) is 39.1. The summed E-state index contributed by atoms with van der Waals surface area (Å²) in [6.07, 6.45) is 6.45. The highest BCUT2D eigenvalue weighted by Gasteiger charge is 2.44. The van der Waals surface area contributed by atoms with Crippen molar-refractivity contribution in [3.8, 4) is 11.1 Å². The van der Waals surface area contributed by atoms with E-state index in [0.717, 1.165) is 58.2 Å². The third kappa shape index (κ3) is 10.2. The van der Waals surface area contributed by atoms with E-state index in [0.29, 0.717) is 38.0 Å². The minimum Gasteiger partial charge on any atom is -0.392 e. The van der Waals surface area contributed by atoms with E-state index in [9.17, 15) is 14.7 Å². The highest BCUT2D eigenvalue weighted by atomic mass is 16.7. The Bertz CT molecular complexity index is 1890. The topological polar surface area (TPSA) is 112 Å². The Morgan fingerprint density at radius 3 is 2.16 bits per heavy atom. The molecule has 4 aromatic carbocycles. The number of hydrogen-bond donors (Lipinski definition) is 4. The number of amides is 3. The molecule has 9 heteroatoms. The van der Waals surface area contributed by atoms with Gasteiger partial charge in [0.05, 0.1) is 24.9 Å². The van der Waals surface area contributed by atoms with Gasteiger partial charge >= 0.3 is 6.03 Å². The highest BCUT2D eigenvalue weighted by molar-refractivity contribution is 5.82. The number of piperidine rings is 1. The molecular formula is C47H58N4O5. The van der Waals surface area contributed by atoms with E-state index in [4.69, 9.17) is 9.47 Å². The quantitative estimate of drug-likeness (QED) is 0.122. The Balaban J connectivity index is 1.07. The first-order chi connectivity index (χ1) is 27.1. The summed E-state index contributed by atoms with van der Waals surface area (Å²) in [7, 11) is 0. The Kier molecular flexibility index (Phi) is 12.9. The predicted molar refractivity (Wildman–Crippen MR) is 219 cm³/mol. The number of carbonyl (C=O) groups excluding carboxylic acids is 2. The number of benzene rings is 4. The molecule has 3 fully saturated rings. The number of nitrogens with zero attached hydrogens (tertiary/aromatic N) is 1. The van der Waals surface area contributed by atoms with Crippen LogP contribution in [0.4, 0.5) is 4.79 Å². The van der Waals surface area contributed by atoms with Crippen molar-refractivity contribution in [1.82, 2.24) is 20.9 Å². The fraction of sp³-hybridized carbons (Fsp3) is 0.447. The third-order valence-corrected chi connectivity index (χ3v) is 11.5. The van der Waals surface area contributed by atoms with E-state index in [-0.39, 0.29) is 42.3 Å². The van der Waals surface area contributed by atoms with Crippen LogP contribution in [0.3, 0.4) is 0 Å². The van der Waals surface area contributed by atoms with Gasteiger partial charge in [0.25, 0.3) is 0 Å². The molecular weight excluding hydrogens is 701 g/mol. The van der Waals surface area contributed by atoms with Crippen LogP contribution < -0.4 is 16.0 Å². The van der Waals surface area contributed by atoms with Crippen molar-refractivity contribution in [3.05, 3.63) is 131 Å². The number of nitrogens with one attached hydrogen (secondary N) is 3. The molecule has 0 unspecified atom stereocenters. The normalized spacial score (nSPS) is 24.1. The largest absolute Gasteiger partial charge is 0.392 e. The minimum absolute atomic E-state index is 0.00838. The van der Waals surface area contributed by atoms with Gasteiger partial charge in [-0.2, -0.15) is 0 Å². The number of hydrogen-bond acceptors (Lipinski definition) is 6. The summed E-state index contributed by atoms with van der Waals surface area (Å²) in [5.41, 5.74) is 6.70. The first-order valence-electron chi connectivity index (χ1n) is 20.4. The molecule has 0 spiro atoms. The summed E-state index contributed by atoms with van der Waals surface area (Å²) < 4.78 is 13.6. The van der Waals surface area contributed by atoms with Gasteiger partial charge in [-0.1, -0.05) is 110 Å². The van der Waals surface area contributed by atoms with Crippen LogP contribution in [-0.2, 0) is 34.0 Å². The van der Waals surface area contributed by atoms with E-state index in [1.165, 1.54) is 19.3 Å². The Labute approximate surface area is 332 Å². The maximum Gasteiger partial charge on any atom is 0.315 e. The SMILES string of the molecule is CC(C)(C)NC(=O)[C@H]1CC[C@H]2CCCC[C@H]2N1C[C@H]1C[C@@H](c2ccc(CO)cc2)O[C@@H](c2ccc(-c3cccc(CNC(=O)NCc4ccccc4)c3)cc2)O1. The van der Waals surface area contributed by atoms with E-state index in [2.05, 4.69) is 78.0 Å². The average Bonchev–Trinajstić information content (AvgIpc) is 3.22. The summed E-state index contributed by atoms with van der Waals surface area (Å²) in [4.78, 5) is 28.8. The van der Waals surface area contributed by atoms with Crippen molar-refractivity contribution in [2.75, 3.05) is 6.54 Å². The molecule has 2 heterocycles. The van der Waals surface area contributed by atoms with E-state index < -0.39 is 6.29 Å². The van der Waals surface area contributed by atoms with Crippen LogP contribution in [0.5, 0.6) is 0 Å². The van der Waals surface area contributed by atoms with Crippen LogP contribution in [0.2, 0.25) is 0 Å². The predicted octanol–water partition coefficient (Wildman–Crippen LogP) is 8.33. The molecule has 2 aliphatic heterocycles. The molecule has 56 heavy (non-hydrogen) atoms. The van der Waals surface area contributed by atoms with Crippen molar-refractivity contribution in [3.63, 3.8) is 0 Å². The van der Waals surface area contributed by atoms with Crippen LogP contribution in [0.25, 0.3) is 11.1 Å². The first-order valence-corrected chi connectivity index (χ1v) is 20.4. The second kappa shape index (κ2) is 18.2. The van der Waals surface area contributed by atoms with Crippen LogP contribution in [0.15, 0.2) is 103 Å².